The molecule has 0 unspecified atom stereocenters. The second kappa shape index (κ2) is 6.80. The van der Waals surface area contributed by atoms with Gasteiger partial charge in [0.25, 0.3) is 0 Å². The highest BCUT2D eigenvalue weighted by molar-refractivity contribution is 6.18. The second-order valence-electron chi connectivity index (χ2n) is 5.81. The lowest BCUT2D eigenvalue weighted by Crippen LogP contribution is -2.08. The van der Waals surface area contributed by atoms with E-state index in [4.69, 9.17) is 4.74 Å². The van der Waals surface area contributed by atoms with Gasteiger partial charge in [-0.2, -0.15) is 10.4 Å². The van der Waals surface area contributed by atoms with Crippen LogP contribution in [0.4, 0.5) is 5.69 Å². The molecule has 0 saturated heterocycles. The molecule has 26 heavy (non-hydrogen) atoms. The summed E-state index contributed by atoms with van der Waals surface area (Å²) in [5.74, 6) is -0.0247. The molecule has 1 aliphatic rings. The van der Waals surface area contributed by atoms with Crippen molar-refractivity contribution in [3.63, 3.8) is 0 Å². The number of hydrogen-bond acceptors (Lipinski definition) is 6. The minimum Gasteiger partial charge on any atom is -0.462 e. The molecule has 8 heteroatoms. The molecular formula is C18H17N5O3. The number of ether oxygens (including phenoxy) is 1. The van der Waals surface area contributed by atoms with Gasteiger partial charge in [-0.15, -0.1) is 0 Å². The average Bonchev–Trinajstić information content (AvgIpc) is 3.13. The fourth-order valence-electron chi connectivity index (χ4n) is 2.72. The second-order valence-corrected chi connectivity index (χ2v) is 5.81. The average molecular weight is 351 g/mol. The largest absolute Gasteiger partial charge is 0.462 e. The lowest BCUT2D eigenvalue weighted by atomic mass is 10.1. The zero-order valence-corrected chi connectivity index (χ0v) is 14.7. The first-order chi connectivity index (χ1) is 12.4. The van der Waals surface area contributed by atoms with Crippen molar-refractivity contribution < 1.29 is 14.3 Å². The van der Waals surface area contributed by atoms with Crippen molar-refractivity contribution in [1.29, 1.82) is 5.26 Å². The van der Waals surface area contributed by atoms with Crippen LogP contribution in [0.2, 0.25) is 0 Å². The Kier molecular flexibility index (Phi) is 4.54. The van der Waals surface area contributed by atoms with Gasteiger partial charge in [-0.25, -0.2) is 14.5 Å². The maximum Gasteiger partial charge on any atom is 0.343 e. The molecule has 0 atom stereocenters. The van der Waals surface area contributed by atoms with E-state index >= 15 is 0 Å². The van der Waals surface area contributed by atoms with Crippen LogP contribution in [0.5, 0.6) is 0 Å². The molecule has 0 spiro atoms. The number of nitriles is 1. The van der Waals surface area contributed by atoms with Crippen LogP contribution >= 0.6 is 0 Å². The molecular weight excluding hydrogens is 334 g/mol. The maximum absolute atomic E-state index is 12.2. The van der Waals surface area contributed by atoms with E-state index in [1.807, 2.05) is 25.1 Å². The lowest BCUT2D eigenvalue weighted by molar-refractivity contribution is -0.136. The Bertz CT molecular complexity index is 981. The number of fused-ring (bicyclic) bond motifs is 1. The van der Waals surface area contributed by atoms with Crippen LogP contribution in [-0.2, 0) is 20.9 Å². The molecule has 2 heterocycles. The Labute approximate surface area is 150 Å². The molecule has 1 N–H and O–H groups in total. The summed E-state index contributed by atoms with van der Waals surface area (Å²) in [6.45, 7) is 5.41. The number of aromatic nitrogens is 3. The number of carbonyl (C=O) groups is 2. The van der Waals surface area contributed by atoms with E-state index in [9.17, 15) is 14.9 Å². The normalized spacial score (nSPS) is 12.5. The van der Waals surface area contributed by atoms with Gasteiger partial charge in [-0.05, 0) is 25.5 Å². The summed E-state index contributed by atoms with van der Waals surface area (Å²) in [4.78, 5) is 27.9. The molecule has 0 radical (unpaired) electrons. The van der Waals surface area contributed by atoms with Crippen molar-refractivity contribution in [3.05, 3.63) is 35.2 Å². The van der Waals surface area contributed by atoms with E-state index in [1.165, 1.54) is 11.6 Å². The number of amides is 1. The molecule has 0 fully saturated rings. The van der Waals surface area contributed by atoms with Crippen molar-refractivity contribution in [2.45, 2.75) is 27.3 Å². The molecule has 8 nitrogen and oxygen atoms in total. The summed E-state index contributed by atoms with van der Waals surface area (Å²) < 4.78 is 6.54. The number of benzene rings is 1. The molecule has 1 aromatic carbocycles. The summed E-state index contributed by atoms with van der Waals surface area (Å²) >= 11 is 0. The van der Waals surface area contributed by atoms with Crippen molar-refractivity contribution in [3.8, 4) is 17.5 Å². The third-order valence-corrected chi connectivity index (χ3v) is 3.93. The van der Waals surface area contributed by atoms with Crippen LogP contribution in [0, 0.1) is 18.3 Å². The van der Waals surface area contributed by atoms with E-state index in [-0.39, 0.29) is 30.2 Å². The first-order valence-electron chi connectivity index (χ1n) is 8.08. The highest BCUT2D eigenvalue weighted by Crippen LogP contribution is 2.30. The Balaban J connectivity index is 2.01. The number of esters is 1. The fraction of sp³-hybridized carbons (Fsp3) is 0.278. The van der Waals surface area contributed by atoms with Crippen LogP contribution in [-0.4, -0.2) is 33.2 Å². The topological polar surface area (TPSA) is 110 Å². The minimum atomic E-state index is -0.579. The highest BCUT2D eigenvalue weighted by atomic mass is 16.5. The Morgan fingerprint density at radius 2 is 2.19 bits per heavy atom. The number of allylic oxidation sites excluding steroid dienone is 1. The smallest absolute Gasteiger partial charge is 0.343 e. The minimum absolute atomic E-state index is 0.155. The standard InChI is InChI=1S/C18H17N5O3/c1-4-26-18(25)15-13(8-19)9-23-17(15)21-16(22-23)12-6-5-10(2)14(7-12)20-11(3)24/h5-7H,4,9H2,1-3H3,(H,20,24). The van der Waals surface area contributed by atoms with Gasteiger partial charge in [-0.3, -0.25) is 4.79 Å². The van der Waals surface area contributed by atoms with Crippen LogP contribution in [0.1, 0.15) is 25.2 Å². The van der Waals surface area contributed by atoms with E-state index < -0.39 is 5.97 Å². The van der Waals surface area contributed by atoms with Crippen molar-refractivity contribution in [2.24, 2.45) is 0 Å². The molecule has 1 aromatic heterocycles. The summed E-state index contributed by atoms with van der Waals surface area (Å²) in [7, 11) is 0. The Hall–Kier alpha value is -3.47. The fourth-order valence-corrected chi connectivity index (χ4v) is 2.72. The molecule has 3 rings (SSSR count). The predicted molar refractivity (Wildman–Crippen MR) is 93.7 cm³/mol. The van der Waals surface area contributed by atoms with Gasteiger partial charge in [-0.1, -0.05) is 12.1 Å². The van der Waals surface area contributed by atoms with Gasteiger partial charge in [0.05, 0.1) is 24.8 Å². The molecule has 2 aromatic rings. The number of nitrogens with zero attached hydrogens (tertiary/aromatic N) is 4. The molecule has 0 aliphatic carbocycles. The number of rotatable bonds is 4. The van der Waals surface area contributed by atoms with E-state index in [2.05, 4.69) is 15.4 Å². The number of hydrogen-bond donors (Lipinski definition) is 1. The molecule has 132 valence electrons. The summed E-state index contributed by atoms with van der Waals surface area (Å²) in [5, 5.41) is 16.4. The zero-order valence-electron chi connectivity index (χ0n) is 14.7. The molecule has 0 bridgehead atoms. The number of carbonyl (C=O) groups excluding carboxylic acids is 2. The Morgan fingerprint density at radius 3 is 2.85 bits per heavy atom. The van der Waals surface area contributed by atoms with Crippen LogP contribution < -0.4 is 5.32 Å². The van der Waals surface area contributed by atoms with Crippen LogP contribution in [0.3, 0.4) is 0 Å². The predicted octanol–water partition coefficient (Wildman–Crippen LogP) is 2.07. The lowest BCUT2D eigenvalue weighted by Gasteiger charge is -2.07. The summed E-state index contributed by atoms with van der Waals surface area (Å²) in [6, 6.07) is 7.49. The van der Waals surface area contributed by atoms with Crippen molar-refractivity contribution >= 4 is 23.1 Å². The van der Waals surface area contributed by atoms with E-state index in [0.717, 1.165) is 5.56 Å². The monoisotopic (exact) mass is 351 g/mol. The van der Waals surface area contributed by atoms with Crippen molar-refractivity contribution in [2.75, 3.05) is 11.9 Å². The van der Waals surface area contributed by atoms with Gasteiger partial charge in [0.15, 0.2) is 11.6 Å². The quantitative estimate of drug-likeness (QED) is 0.844. The first kappa shape index (κ1) is 17.4. The van der Waals surface area contributed by atoms with Crippen LogP contribution in [0.15, 0.2) is 23.8 Å². The van der Waals surface area contributed by atoms with Crippen molar-refractivity contribution in [1.82, 2.24) is 14.8 Å². The van der Waals surface area contributed by atoms with Gasteiger partial charge >= 0.3 is 5.97 Å². The molecule has 1 amide bonds. The van der Waals surface area contributed by atoms with Gasteiger partial charge in [0.1, 0.15) is 5.57 Å². The number of nitrogens with one attached hydrogen (secondary N) is 1. The van der Waals surface area contributed by atoms with Crippen LogP contribution in [0.25, 0.3) is 17.0 Å². The third-order valence-electron chi connectivity index (χ3n) is 3.93. The SMILES string of the molecule is CCOC(=O)C1=C(C#N)Cn2nc(-c3ccc(C)c(NC(C)=O)c3)nc21. The van der Waals surface area contributed by atoms with Gasteiger partial charge in [0, 0.05) is 18.2 Å². The third kappa shape index (κ3) is 3.07. The van der Waals surface area contributed by atoms with E-state index in [1.54, 1.807) is 13.0 Å². The van der Waals surface area contributed by atoms with Gasteiger partial charge < -0.3 is 10.1 Å². The van der Waals surface area contributed by atoms with Gasteiger partial charge in [0.2, 0.25) is 5.91 Å². The molecule has 1 aliphatic heterocycles. The Morgan fingerprint density at radius 1 is 1.42 bits per heavy atom. The number of anilines is 1. The molecule has 0 saturated carbocycles. The highest BCUT2D eigenvalue weighted by Gasteiger charge is 2.31. The summed E-state index contributed by atoms with van der Waals surface area (Å²) in [6.07, 6.45) is 0. The summed E-state index contributed by atoms with van der Waals surface area (Å²) in [5.41, 5.74) is 2.72. The zero-order chi connectivity index (χ0) is 18.8. The maximum atomic E-state index is 12.2. The van der Waals surface area contributed by atoms with E-state index in [0.29, 0.717) is 22.9 Å². The number of aryl methyl sites for hydroxylation is 1. The first-order valence-corrected chi connectivity index (χ1v) is 8.08.